The van der Waals surface area contributed by atoms with Gasteiger partial charge < -0.3 is 9.97 Å². The van der Waals surface area contributed by atoms with Crippen LogP contribution in [0.3, 0.4) is 0 Å². The second-order valence-corrected chi connectivity index (χ2v) is 6.93. The first-order valence-corrected chi connectivity index (χ1v) is 9.70. The maximum atomic E-state index is 4.62. The second kappa shape index (κ2) is 9.37. The van der Waals surface area contributed by atoms with Crippen LogP contribution in [0.4, 0.5) is 0 Å². The Hall–Kier alpha value is -3.76. The van der Waals surface area contributed by atoms with E-state index in [2.05, 4.69) is 55.3 Å². The van der Waals surface area contributed by atoms with Crippen LogP contribution in [0, 0.1) is 0 Å². The summed E-state index contributed by atoms with van der Waals surface area (Å²) in [4.78, 5) is 19.8. The summed E-state index contributed by atoms with van der Waals surface area (Å²) < 4.78 is 0. The number of nitrogens with zero attached hydrogens (tertiary/aromatic N) is 3. The van der Waals surface area contributed by atoms with Crippen LogP contribution in [-0.2, 0) is 16.5 Å². The molecule has 6 rings (SSSR count). The molecule has 4 aromatic heterocycles. The van der Waals surface area contributed by atoms with Gasteiger partial charge in [0.05, 0.1) is 22.8 Å². The summed E-state index contributed by atoms with van der Waals surface area (Å²) in [5.41, 5.74) is 7.86. The molecule has 154 valence electrons. The van der Waals surface area contributed by atoms with Gasteiger partial charge in [0, 0.05) is 51.0 Å². The molecule has 2 aliphatic rings. The molecule has 0 aliphatic carbocycles. The van der Waals surface area contributed by atoms with Crippen LogP contribution in [0.5, 0.6) is 0 Å². The predicted molar refractivity (Wildman–Crippen MR) is 123 cm³/mol. The van der Waals surface area contributed by atoms with Crippen molar-refractivity contribution in [1.29, 1.82) is 0 Å². The van der Waals surface area contributed by atoms with E-state index in [1.54, 1.807) is 12.4 Å². The van der Waals surface area contributed by atoms with Crippen molar-refractivity contribution in [3.05, 3.63) is 102 Å². The van der Waals surface area contributed by atoms with E-state index in [0.29, 0.717) is 0 Å². The van der Waals surface area contributed by atoms with Gasteiger partial charge in [0.25, 0.3) is 0 Å². The van der Waals surface area contributed by atoms with Crippen molar-refractivity contribution in [3.63, 3.8) is 0 Å². The molecule has 0 aromatic carbocycles. The molecule has 2 N–H and O–H groups in total. The first-order valence-electron chi connectivity index (χ1n) is 9.70. The fraction of sp³-hybridized carbons (Fsp3) is 0. The van der Waals surface area contributed by atoms with E-state index in [9.17, 15) is 0 Å². The second-order valence-electron chi connectivity index (χ2n) is 6.93. The zero-order valence-electron chi connectivity index (χ0n) is 16.5. The van der Waals surface area contributed by atoms with Crippen LogP contribution in [0.2, 0.25) is 0 Å². The van der Waals surface area contributed by atoms with Crippen molar-refractivity contribution in [3.8, 4) is 0 Å². The quantitative estimate of drug-likeness (QED) is 0.292. The third kappa shape index (κ3) is 5.24. The number of hydrogen-bond donors (Lipinski definition) is 2. The molecule has 2 aliphatic heterocycles. The molecule has 8 bridgehead atoms. The Bertz CT molecular complexity index is 1280. The Kier molecular flexibility index (Phi) is 6.20. The summed E-state index contributed by atoms with van der Waals surface area (Å²) in [6, 6.07) is 22.1. The topological polar surface area (TPSA) is 70.2 Å². The molecule has 31 heavy (non-hydrogen) atoms. The number of hydrogen-bond acceptors (Lipinski definition) is 3. The van der Waals surface area contributed by atoms with Crippen molar-refractivity contribution in [2.75, 3.05) is 0 Å². The van der Waals surface area contributed by atoms with E-state index in [1.165, 1.54) is 0 Å². The van der Waals surface area contributed by atoms with Gasteiger partial charge in [-0.25, -0.2) is 9.97 Å². The molecule has 6 heteroatoms. The first kappa shape index (κ1) is 20.5. The van der Waals surface area contributed by atoms with Gasteiger partial charge in [-0.2, -0.15) is 0 Å². The summed E-state index contributed by atoms with van der Waals surface area (Å²) in [6.45, 7) is 0. The molecule has 5 nitrogen and oxygen atoms in total. The average Bonchev–Trinajstić information content (AvgIpc) is 3.56. The van der Waals surface area contributed by atoms with Crippen molar-refractivity contribution >= 4 is 46.4 Å². The number of aromatic nitrogens is 5. The largest absolute Gasteiger partial charge is 0.355 e. The molecule has 0 radical (unpaired) electrons. The summed E-state index contributed by atoms with van der Waals surface area (Å²) in [7, 11) is 0. The zero-order valence-corrected chi connectivity index (χ0v) is 17.5. The Labute approximate surface area is 189 Å². The molecule has 0 fully saturated rings. The third-order valence-electron chi connectivity index (χ3n) is 4.61. The van der Waals surface area contributed by atoms with Crippen molar-refractivity contribution in [1.82, 2.24) is 24.9 Å². The van der Waals surface area contributed by atoms with E-state index in [1.807, 2.05) is 60.7 Å². The minimum Gasteiger partial charge on any atom is -0.355 e. The molecule has 0 atom stereocenters. The first-order chi connectivity index (χ1) is 14.8. The maximum absolute atomic E-state index is 4.62. The number of rotatable bonds is 0. The average molecular weight is 448 g/mol. The van der Waals surface area contributed by atoms with Gasteiger partial charge in [-0.15, -0.1) is 0 Å². The van der Waals surface area contributed by atoms with Gasteiger partial charge in [0.1, 0.15) is 0 Å². The standard InChI is InChI=1S/C20H14N4.C5H5N.Ni/c1-2-14-10-16-5-6-18(23-16)12-20-8-7-19(24-20)11-17-4-3-15(22-17)9-13(1)21-14;1-2-4-6-5-3-1;/h1-12,21-22H;1-5H;. The van der Waals surface area contributed by atoms with Crippen molar-refractivity contribution in [2.24, 2.45) is 0 Å². The van der Waals surface area contributed by atoms with E-state index >= 15 is 0 Å². The maximum Gasteiger partial charge on any atom is 0.0659 e. The van der Waals surface area contributed by atoms with Crippen molar-refractivity contribution < 1.29 is 16.5 Å². The molecule has 4 aromatic rings. The minimum atomic E-state index is 0. The SMILES string of the molecule is C1=Cc2cc3ccc(cc4ccc(cc5nc(cc1n2)C=C5)[nH]4)[nH]3.[Ni].c1ccncc1. The Morgan fingerprint density at radius 1 is 0.484 bits per heavy atom. The summed E-state index contributed by atoms with van der Waals surface area (Å²) in [5, 5.41) is 0. The Morgan fingerprint density at radius 2 is 0.903 bits per heavy atom. The summed E-state index contributed by atoms with van der Waals surface area (Å²) in [6.07, 6.45) is 11.5. The zero-order chi connectivity index (χ0) is 20.2. The van der Waals surface area contributed by atoms with Gasteiger partial charge >= 0.3 is 0 Å². The normalized spacial score (nSPS) is 11.4. The van der Waals surface area contributed by atoms with Crippen molar-refractivity contribution in [2.45, 2.75) is 0 Å². The minimum absolute atomic E-state index is 0. The smallest absolute Gasteiger partial charge is 0.0659 e. The fourth-order valence-electron chi connectivity index (χ4n) is 3.26. The molecule has 0 unspecified atom stereocenters. The van der Waals surface area contributed by atoms with Crippen LogP contribution in [0.1, 0.15) is 22.8 Å². The van der Waals surface area contributed by atoms with Crippen LogP contribution < -0.4 is 0 Å². The van der Waals surface area contributed by atoms with E-state index in [-0.39, 0.29) is 16.5 Å². The molecular formula is C25H19N5Ni. The van der Waals surface area contributed by atoms with E-state index in [0.717, 1.165) is 44.8 Å². The van der Waals surface area contributed by atoms with Gasteiger partial charge in [0.15, 0.2) is 0 Å². The van der Waals surface area contributed by atoms with Crippen LogP contribution in [0.25, 0.3) is 46.4 Å². The molecular weight excluding hydrogens is 429 g/mol. The van der Waals surface area contributed by atoms with Gasteiger partial charge in [-0.1, -0.05) is 6.07 Å². The van der Waals surface area contributed by atoms with Crippen LogP contribution in [0.15, 0.2) is 79.1 Å². The summed E-state index contributed by atoms with van der Waals surface area (Å²) >= 11 is 0. The number of nitrogens with one attached hydrogen (secondary N) is 2. The number of aromatic amines is 2. The van der Waals surface area contributed by atoms with Crippen LogP contribution in [-0.4, -0.2) is 24.9 Å². The van der Waals surface area contributed by atoms with Gasteiger partial charge in [-0.05, 0) is 85.0 Å². The van der Waals surface area contributed by atoms with Gasteiger partial charge in [0.2, 0.25) is 0 Å². The predicted octanol–water partition coefficient (Wildman–Crippen LogP) is 5.73. The Balaban J connectivity index is 0.000000288. The molecule has 0 amide bonds. The number of fused-ring (bicyclic) bond motifs is 8. The van der Waals surface area contributed by atoms with Gasteiger partial charge in [-0.3, -0.25) is 4.98 Å². The molecule has 0 saturated carbocycles. The monoisotopic (exact) mass is 447 g/mol. The van der Waals surface area contributed by atoms with E-state index in [4.69, 9.17) is 0 Å². The number of H-pyrrole nitrogens is 2. The molecule has 6 heterocycles. The Morgan fingerprint density at radius 3 is 1.29 bits per heavy atom. The fourth-order valence-corrected chi connectivity index (χ4v) is 3.26. The summed E-state index contributed by atoms with van der Waals surface area (Å²) in [5.74, 6) is 0. The third-order valence-corrected chi connectivity index (χ3v) is 4.61. The number of pyridine rings is 1. The van der Waals surface area contributed by atoms with E-state index < -0.39 is 0 Å². The molecule has 0 spiro atoms. The van der Waals surface area contributed by atoms with Crippen LogP contribution >= 0.6 is 0 Å². The molecule has 0 saturated heterocycles.